The molecule has 0 amide bonds. The molecule has 0 N–H and O–H groups in total. The lowest BCUT2D eigenvalue weighted by Gasteiger charge is -1.91. The summed E-state index contributed by atoms with van der Waals surface area (Å²) in [5.74, 6) is -0.386. The average Bonchev–Trinajstić information content (AvgIpc) is 2.63. The first-order valence-electron chi connectivity index (χ1n) is 3.04. The second-order valence-corrected chi connectivity index (χ2v) is 2.64. The number of Topliss-reactive ketones (excluding diaryl/α,β-unsaturated/α-hetero) is 1. The van der Waals surface area contributed by atoms with Crippen LogP contribution in [0, 0.1) is 22.7 Å². The minimum atomic E-state index is -0.953. The normalized spacial score (nSPS) is 36.2. The Kier molecular flexibility index (Phi) is 1.33. The first kappa shape index (κ1) is 6.94. The number of aldehydes is 1. The molecule has 10 heavy (non-hydrogen) atoms. The summed E-state index contributed by atoms with van der Waals surface area (Å²) in [6.45, 7) is 1.41. The van der Waals surface area contributed by atoms with Gasteiger partial charge in [-0.2, -0.15) is 5.26 Å². The molecular formula is C7H7NO2. The number of hydrogen-bond acceptors (Lipinski definition) is 3. The van der Waals surface area contributed by atoms with E-state index in [-0.39, 0.29) is 11.7 Å². The molecule has 3 nitrogen and oxygen atoms in total. The van der Waals surface area contributed by atoms with Gasteiger partial charge in [-0.05, 0) is 13.3 Å². The lowest BCUT2D eigenvalue weighted by molar-refractivity contribution is -0.120. The van der Waals surface area contributed by atoms with E-state index in [0.29, 0.717) is 12.7 Å². The maximum absolute atomic E-state index is 10.6. The second kappa shape index (κ2) is 1.91. The Bertz CT molecular complexity index is 228. The average molecular weight is 137 g/mol. The maximum atomic E-state index is 10.6. The number of nitriles is 1. The van der Waals surface area contributed by atoms with E-state index in [9.17, 15) is 9.59 Å². The van der Waals surface area contributed by atoms with E-state index in [1.165, 1.54) is 6.92 Å². The molecule has 1 fully saturated rings. The first-order valence-corrected chi connectivity index (χ1v) is 3.04. The monoisotopic (exact) mass is 137 g/mol. The molecule has 0 aromatic rings. The summed E-state index contributed by atoms with van der Waals surface area (Å²) in [6.07, 6.45) is 1.00. The van der Waals surface area contributed by atoms with Crippen LogP contribution in [-0.4, -0.2) is 12.1 Å². The van der Waals surface area contributed by atoms with Gasteiger partial charge >= 0.3 is 0 Å². The third-order valence-electron chi connectivity index (χ3n) is 1.91. The molecule has 1 aliphatic rings. The van der Waals surface area contributed by atoms with Crippen LogP contribution in [-0.2, 0) is 9.59 Å². The number of carbonyl (C=O) groups is 2. The third-order valence-corrected chi connectivity index (χ3v) is 1.91. The molecule has 2 atom stereocenters. The fraction of sp³-hybridized carbons (Fsp3) is 0.571. The highest BCUT2D eigenvalue weighted by atomic mass is 16.1. The Morgan fingerprint density at radius 2 is 2.50 bits per heavy atom. The summed E-state index contributed by atoms with van der Waals surface area (Å²) < 4.78 is 0. The van der Waals surface area contributed by atoms with Crippen molar-refractivity contribution in [1.82, 2.24) is 0 Å². The Labute approximate surface area is 58.6 Å². The molecule has 0 aliphatic heterocycles. The van der Waals surface area contributed by atoms with E-state index in [2.05, 4.69) is 0 Å². The first-order chi connectivity index (χ1) is 4.66. The lowest BCUT2D eigenvalue weighted by Crippen LogP contribution is -2.07. The van der Waals surface area contributed by atoms with Crippen LogP contribution in [0.3, 0.4) is 0 Å². The van der Waals surface area contributed by atoms with Gasteiger partial charge in [-0.3, -0.25) is 4.79 Å². The van der Waals surface area contributed by atoms with Crippen molar-refractivity contribution >= 4 is 12.1 Å². The zero-order valence-electron chi connectivity index (χ0n) is 5.63. The summed E-state index contributed by atoms with van der Waals surface area (Å²) in [4.78, 5) is 20.9. The molecular weight excluding hydrogens is 130 g/mol. The summed E-state index contributed by atoms with van der Waals surface area (Å²) >= 11 is 0. The summed E-state index contributed by atoms with van der Waals surface area (Å²) in [5, 5.41) is 8.44. The van der Waals surface area contributed by atoms with Crippen molar-refractivity contribution in [3.8, 4) is 6.07 Å². The van der Waals surface area contributed by atoms with Gasteiger partial charge in [0, 0.05) is 5.92 Å². The standard InChI is InChI=1S/C7H7NO2/c1-5(10)6-2-7(6,3-8)4-9/h4,6H,2H2,1H3. The Balaban J connectivity index is 2.73. The van der Waals surface area contributed by atoms with Crippen LogP contribution in [0.2, 0.25) is 0 Å². The van der Waals surface area contributed by atoms with Gasteiger partial charge in [0.2, 0.25) is 0 Å². The van der Waals surface area contributed by atoms with Crippen LogP contribution in [0.4, 0.5) is 0 Å². The maximum Gasteiger partial charge on any atom is 0.140 e. The molecule has 1 saturated carbocycles. The molecule has 0 aromatic carbocycles. The largest absolute Gasteiger partial charge is 0.302 e. The number of carbonyl (C=O) groups excluding carboxylic acids is 2. The lowest BCUT2D eigenvalue weighted by atomic mass is 10.1. The van der Waals surface area contributed by atoms with Crippen molar-refractivity contribution in [2.75, 3.05) is 0 Å². The molecule has 0 bridgehead atoms. The van der Waals surface area contributed by atoms with E-state index in [4.69, 9.17) is 5.26 Å². The van der Waals surface area contributed by atoms with Crippen LogP contribution >= 0.6 is 0 Å². The van der Waals surface area contributed by atoms with Gasteiger partial charge in [0.05, 0.1) is 6.07 Å². The van der Waals surface area contributed by atoms with Gasteiger partial charge in [0.15, 0.2) is 0 Å². The Morgan fingerprint density at radius 1 is 1.90 bits per heavy atom. The highest BCUT2D eigenvalue weighted by Crippen LogP contribution is 2.50. The van der Waals surface area contributed by atoms with Crippen LogP contribution in [0.1, 0.15) is 13.3 Å². The highest BCUT2D eigenvalue weighted by molar-refractivity contribution is 5.90. The predicted molar refractivity (Wildman–Crippen MR) is 32.9 cm³/mol. The van der Waals surface area contributed by atoms with Crippen molar-refractivity contribution in [2.45, 2.75) is 13.3 Å². The molecule has 1 rings (SSSR count). The number of hydrogen-bond donors (Lipinski definition) is 0. The van der Waals surface area contributed by atoms with Crippen LogP contribution in [0.25, 0.3) is 0 Å². The van der Waals surface area contributed by atoms with Gasteiger partial charge in [0.25, 0.3) is 0 Å². The number of ketones is 1. The van der Waals surface area contributed by atoms with Crippen molar-refractivity contribution in [1.29, 1.82) is 5.26 Å². The van der Waals surface area contributed by atoms with Crippen LogP contribution in [0.5, 0.6) is 0 Å². The smallest absolute Gasteiger partial charge is 0.140 e. The van der Waals surface area contributed by atoms with Crippen LogP contribution in [0.15, 0.2) is 0 Å². The summed E-state index contributed by atoms with van der Waals surface area (Å²) in [6, 6.07) is 1.84. The van der Waals surface area contributed by atoms with Gasteiger partial charge < -0.3 is 4.79 Å². The van der Waals surface area contributed by atoms with Crippen molar-refractivity contribution in [2.24, 2.45) is 11.3 Å². The van der Waals surface area contributed by atoms with Gasteiger partial charge in [-0.1, -0.05) is 0 Å². The molecule has 3 heteroatoms. The van der Waals surface area contributed by atoms with Crippen molar-refractivity contribution in [3.05, 3.63) is 0 Å². The fourth-order valence-electron chi connectivity index (χ4n) is 1.07. The molecule has 0 heterocycles. The van der Waals surface area contributed by atoms with E-state index >= 15 is 0 Å². The molecule has 2 unspecified atom stereocenters. The zero-order chi connectivity index (χ0) is 7.78. The van der Waals surface area contributed by atoms with E-state index in [1.807, 2.05) is 6.07 Å². The molecule has 0 aromatic heterocycles. The molecule has 1 aliphatic carbocycles. The predicted octanol–water partition coefficient (Wildman–Crippen LogP) is 0.304. The number of rotatable bonds is 2. The zero-order valence-corrected chi connectivity index (χ0v) is 5.63. The summed E-state index contributed by atoms with van der Waals surface area (Å²) in [7, 11) is 0. The Hall–Kier alpha value is -1.17. The van der Waals surface area contributed by atoms with E-state index in [1.54, 1.807) is 0 Å². The van der Waals surface area contributed by atoms with Gasteiger partial charge in [0.1, 0.15) is 17.5 Å². The molecule has 52 valence electrons. The topological polar surface area (TPSA) is 57.9 Å². The SMILES string of the molecule is CC(=O)C1CC1(C#N)C=O. The highest BCUT2D eigenvalue weighted by Gasteiger charge is 2.57. The Morgan fingerprint density at radius 3 is 2.60 bits per heavy atom. The molecule has 0 saturated heterocycles. The van der Waals surface area contributed by atoms with E-state index in [0.717, 1.165) is 0 Å². The van der Waals surface area contributed by atoms with E-state index < -0.39 is 5.41 Å². The van der Waals surface area contributed by atoms with Crippen molar-refractivity contribution in [3.63, 3.8) is 0 Å². The van der Waals surface area contributed by atoms with Gasteiger partial charge in [-0.25, -0.2) is 0 Å². The minimum absolute atomic E-state index is 0.0614. The van der Waals surface area contributed by atoms with Gasteiger partial charge in [-0.15, -0.1) is 0 Å². The minimum Gasteiger partial charge on any atom is -0.302 e. The second-order valence-electron chi connectivity index (χ2n) is 2.64. The van der Waals surface area contributed by atoms with Crippen molar-refractivity contribution < 1.29 is 9.59 Å². The quantitative estimate of drug-likeness (QED) is 0.514. The fourth-order valence-corrected chi connectivity index (χ4v) is 1.07. The third kappa shape index (κ3) is 0.730. The molecule has 0 spiro atoms. The number of nitrogens with zero attached hydrogens (tertiary/aromatic N) is 1. The molecule has 0 radical (unpaired) electrons. The van der Waals surface area contributed by atoms with Crippen LogP contribution < -0.4 is 0 Å². The summed E-state index contributed by atoms with van der Waals surface area (Å²) in [5.41, 5.74) is -0.953.